The molecule has 1 heterocycles. The van der Waals surface area contributed by atoms with Crippen molar-refractivity contribution in [2.24, 2.45) is 0 Å². The van der Waals surface area contributed by atoms with E-state index in [4.69, 9.17) is 23.2 Å². The van der Waals surface area contributed by atoms with Crippen molar-refractivity contribution >= 4 is 28.9 Å². The minimum absolute atomic E-state index is 0.495. The lowest BCUT2D eigenvalue weighted by atomic mass is 10.0. The first-order valence-electron chi connectivity index (χ1n) is 7.31. The summed E-state index contributed by atoms with van der Waals surface area (Å²) >= 11 is 12.0. The maximum Gasteiger partial charge on any atom is 0.416 e. The van der Waals surface area contributed by atoms with Crippen LogP contribution >= 0.6 is 23.2 Å². The van der Waals surface area contributed by atoms with Crippen molar-refractivity contribution in [3.05, 3.63) is 63.1 Å². The van der Waals surface area contributed by atoms with E-state index >= 15 is 0 Å². The van der Waals surface area contributed by atoms with Gasteiger partial charge in [-0.05, 0) is 35.4 Å². The average Bonchev–Trinajstić information content (AvgIpc) is 2.50. The molecule has 128 valence electrons. The molecule has 24 heavy (non-hydrogen) atoms. The third-order valence-corrected chi connectivity index (χ3v) is 4.76. The van der Waals surface area contributed by atoms with Gasteiger partial charge in [-0.25, -0.2) is 0 Å². The highest BCUT2D eigenvalue weighted by Crippen LogP contribution is 2.35. The highest BCUT2D eigenvalue weighted by Gasteiger charge is 2.32. The highest BCUT2D eigenvalue weighted by molar-refractivity contribution is 6.42. The molecular formula is C17H15Cl2F3N2. The number of fused-ring (bicyclic) bond motifs is 1. The molecule has 0 unspecified atom stereocenters. The maximum absolute atomic E-state index is 12.9. The predicted molar refractivity (Wildman–Crippen MR) is 90.4 cm³/mol. The quantitative estimate of drug-likeness (QED) is 0.692. The standard InChI is InChI=1S/C17H15Cl2F3N2/c1-23-10-24(8-11-2-5-14(18)15(19)6-11)9-12-3-4-13(7-16(12)23)17(20,21)22/h2-7H,8-10H2,1H3. The number of nitrogens with zero attached hydrogens (tertiary/aromatic N) is 2. The molecule has 0 aromatic heterocycles. The molecule has 0 N–H and O–H groups in total. The van der Waals surface area contributed by atoms with E-state index in [1.54, 1.807) is 19.2 Å². The Morgan fingerprint density at radius 3 is 2.46 bits per heavy atom. The molecule has 0 saturated carbocycles. The molecule has 0 amide bonds. The van der Waals surface area contributed by atoms with Crippen molar-refractivity contribution in [2.45, 2.75) is 19.3 Å². The first-order valence-corrected chi connectivity index (χ1v) is 8.07. The van der Waals surface area contributed by atoms with Gasteiger partial charge >= 0.3 is 6.18 Å². The summed E-state index contributed by atoms with van der Waals surface area (Å²) in [5.41, 5.74) is 1.88. The number of rotatable bonds is 2. The molecule has 0 radical (unpaired) electrons. The lowest BCUT2D eigenvalue weighted by Crippen LogP contribution is -2.39. The molecule has 3 rings (SSSR count). The van der Waals surface area contributed by atoms with Crippen LogP contribution in [0.1, 0.15) is 16.7 Å². The van der Waals surface area contributed by atoms with Crippen LogP contribution in [0.2, 0.25) is 10.0 Å². The fourth-order valence-corrected chi connectivity index (χ4v) is 3.22. The molecule has 0 fully saturated rings. The number of anilines is 1. The monoisotopic (exact) mass is 374 g/mol. The van der Waals surface area contributed by atoms with Gasteiger partial charge in [-0.2, -0.15) is 13.2 Å². The first kappa shape index (κ1) is 17.4. The summed E-state index contributed by atoms with van der Waals surface area (Å²) in [4.78, 5) is 3.96. The molecular weight excluding hydrogens is 360 g/mol. The summed E-state index contributed by atoms with van der Waals surface area (Å²) in [5, 5.41) is 0.996. The molecule has 0 atom stereocenters. The van der Waals surface area contributed by atoms with Crippen LogP contribution < -0.4 is 4.90 Å². The molecule has 1 aliphatic rings. The van der Waals surface area contributed by atoms with E-state index in [1.165, 1.54) is 6.07 Å². The van der Waals surface area contributed by atoms with E-state index in [0.717, 1.165) is 17.2 Å². The SMILES string of the molecule is CN1CN(Cc2ccc(Cl)c(Cl)c2)Cc2ccc(C(F)(F)F)cc21. The predicted octanol–water partition coefficient (Wildman–Crippen LogP) is 5.42. The smallest absolute Gasteiger partial charge is 0.361 e. The van der Waals surface area contributed by atoms with Gasteiger partial charge in [-0.1, -0.05) is 35.3 Å². The summed E-state index contributed by atoms with van der Waals surface area (Å²) in [6.45, 7) is 1.76. The van der Waals surface area contributed by atoms with Gasteiger partial charge in [0.2, 0.25) is 0 Å². The fraction of sp³-hybridized carbons (Fsp3) is 0.294. The van der Waals surface area contributed by atoms with Crippen LogP contribution in [0.3, 0.4) is 0 Å². The summed E-state index contributed by atoms with van der Waals surface area (Å²) < 4.78 is 38.6. The number of halogens is 5. The topological polar surface area (TPSA) is 6.48 Å². The Hall–Kier alpha value is -1.43. The zero-order valence-corrected chi connectivity index (χ0v) is 14.4. The summed E-state index contributed by atoms with van der Waals surface area (Å²) in [6.07, 6.45) is -4.33. The van der Waals surface area contributed by atoms with Crippen molar-refractivity contribution in [1.82, 2.24) is 4.90 Å². The van der Waals surface area contributed by atoms with Crippen LogP contribution in [0.25, 0.3) is 0 Å². The summed E-state index contributed by atoms with van der Waals surface area (Å²) in [7, 11) is 1.79. The Morgan fingerprint density at radius 2 is 1.79 bits per heavy atom. The van der Waals surface area contributed by atoms with Crippen molar-refractivity contribution in [1.29, 1.82) is 0 Å². The van der Waals surface area contributed by atoms with E-state index in [9.17, 15) is 13.2 Å². The second-order valence-corrected chi connectivity index (χ2v) is 6.73. The number of alkyl halides is 3. The van der Waals surface area contributed by atoms with Gasteiger partial charge < -0.3 is 4.90 Å². The van der Waals surface area contributed by atoms with E-state index in [0.29, 0.717) is 35.5 Å². The molecule has 7 heteroatoms. The first-order chi connectivity index (χ1) is 11.2. The molecule has 2 nitrogen and oxygen atoms in total. The Labute approximate surface area is 148 Å². The third kappa shape index (κ3) is 3.63. The summed E-state index contributed by atoms with van der Waals surface area (Å²) in [6, 6.07) is 9.36. The lowest BCUT2D eigenvalue weighted by Gasteiger charge is -2.36. The second kappa shape index (κ2) is 6.47. The number of hydrogen-bond acceptors (Lipinski definition) is 2. The van der Waals surface area contributed by atoms with Crippen molar-refractivity contribution in [3.63, 3.8) is 0 Å². The van der Waals surface area contributed by atoms with E-state index < -0.39 is 11.7 Å². The van der Waals surface area contributed by atoms with Gasteiger partial charge in [0.15, 0.2) is 0 Å². The molecule has 0 saturated heterocycles. The Balaban J connectivity index is 1.80. The van der Waals surface area contributed by atoms with E-state index in [-0.39, 0.29) is 0 Å². The van der Waals surface area contributed by atoms with Gasteiger partial charge in [0.05, 0.1) is 22.3 Å². The van der Waals surface area contributed by atoms with Gasteiger partial charge in [0.25, 0.3) is 0 Å². The highest BCUT2D eigenvalue weighted by atomic mass is 35.5. The molecule has 0 spiro atoms. The maximum atomic E-state index is 12.9. The normalized spacial score (nSPS) is 15.5. The van der Waals surface area contributed by atoms with E-state index in [2.05, 4.69) is 4.90 Å². The Bertz CT molecular complexity index is 762. The number of hydrogen-bond donors (Lipinski definition) is 0. The van der Waals surface area contributed by atoms with Crippen LogP contribution in [0.15, 0.2) is 36.4 Å². The van der Waals surface area contributed by atoms with E-state index in [1.807, 2.05) is 17.0 Å². The Kier molecular flexibility index (Phi) is 4.69. The minimum Gasteiger partial charge on any atom is -0.361 e. The van der Waals surface area contributed by atoms with Crippen LogP contribution in [0, 0.1) is 0 Å². The zero-order valence-electron chi connectivity index (χ0n) is 12.9. The number of benzene rings is 2. The van der Waals surface area contributed by atoms with Crippen LogP contribution in [0.5, 0.6) is 0 Å². The van der Waals surface area contributed by atoms with Crippen LogP contribution in [-0.2, 0) is 19.3 Å². The van der Waals surface area contributed by atoms with Gasteiger partial charge in [0.1, 0.15) is 0 Å². The Morgan fingerprint density at radius 1 is 1.04 bits per heavy atom. The largest absolute Gasteiger partial charge is 0.416 e. The molecule has 0 aliphatic carbocycles. The van der Waals surface area contributed by atoms with Gasteiger partial charge in [0, 0.05) is 25.8 Å². The molecule has 2 aromatic carbocycles. The summed E-state index contributed by atoms with van der Waals surface area (Å²) in [5.74, 6) is 0. The van der Waals surface area contributed by atoms with Gasteiger partial charge in [-0.3, -0.25) is 4.90 Å². The van der Waals surface area contributed by atoms with Crippen LogP contribution in [-0.4, -0.2) is 18.6 Å². The fourth-order valence-electron chi connectivity index (χ4n) is 2.90. The second-order valence-electron chi connectivity index (χ2n) is 5.92. The van der Waals surface area contributed by atoms with Crippen molar-refractivity contribution in [3.8, 4) is 0 Å². The molecule has 0 bridgehead atoms. The van der Waals surface area contributed by atoms with Crippen LogP contribution in [0.4, 0.5) is 18.9 Å². The molecule has 2 aromatic rings. The van der Waals surface area contributed by atoms with Gasteiger partial charge in [-0.15, -0.1) is 0 Å². The average molecular weight is 375 g/mol. The minimum atomic E-state index is -4.33. The lowest BCUT2D eigenvalue weighted by molar-refractivity contribution is -0.137. The third-order valence-electron chi connectivity index (χ3n) is 4.02. The van der Waals surface area contributed by atoms with Crippen molar-refractivity contribution in [2.75, 3.05) is 18.6 Å². The molecule has 1 aliphatic heterocycles. The zero-order chi connectivity index (χ0) is 17.5. The van der Waals surface area contributed by atoms with Crippen molar-refractivity contribution < 1.29 is 13.2 Å².